The molecule has 0 radical (unpaired) electrons. The van der Waals surface area contributed by atoms with Gasteiger partial charge in [-0.15, -0.1) is 0 Å². The zero-order valence-corrected chi connectivity index (χ0v) is 6.59. The molecule has 1 aliphatic carbocycles. The molecule has 2 aliphatic rings. The Morgan fingerprint density at radius 1 is 1.42 bits per heavy atom. The maximum absolute atomic E-state index is 12.8. The van der Waals surface area contributed by atoms with Gasteiger partial charge in [-0.2, -0.15) is 0 Å². The fraction of sp³-hybridized carbons (Fsp3) is 0.400. The Morgan fingerprint density at radius 3 is 3.25 bits per heavy atom. The van der Waals surface area contributed by atoms with Gasteiger partial charge in [-0.3, -0.25) is 0 Å². The van der Waals surface area contributed by atoms with Gasteiger partial charge in [0.2, 0.25) is 0 Å². The molecular formula is C10H9FO. The van der Waals surface area contributed by atoms with Gasteiger partial charge in [-0.25, -0.2) is 4.39 Å². The lowest BCUT2D eigenvalue weighted by atomic mass is 9.92. The van der Waals surface area contributed by atoms with Crippen LogP contribution in [-0.4, -0.2) is 6.10 Å². The molecule has 62 valence electrons. The van der Waals surface area contributed by atoms with Crippen molar-refractivity contribution in [1.82, 2.24) is 0 Å². The first kappa shape index (κ1) is 6.61. The SMILES string of the molecule is Fc1ccc2c(c1)C1OC1CC2. The van der Waals surface area contributed by atoms with E-state index in [-0.39, 0.29) is 11.9 Å². The molecule has 1 nitrogen and oxygen atoms in total. The molecule has 0 spiro atoms. The van der Waals surface area contributed by atoms with Gasteiger partial charge < -0.3 is 4.74 Å². The molecule has 2 atom stereocenters. The lowest BCUT2D eigenvalue weighted by molar-refractivity contribution is 0.372. The van der Waals surface area contributed by atoms with Gasteiger partial charge >= 0.3 is 0 Å². The minimum absolute atomic E-state index is 0.148. The minimum atomic E-state index is -0.148. The van der Waals surface area contributed by atoms with Crippen molar-refractivity contribution in [3.63, 3.8) is 0 Å². The van der Waals surface area contributed by atoms with E-state index in [2.05, 4.69) is 0 Å². The molecule has 12 heavy (non-hydrogen) atoms. The maximum Gasteiger partial charge on any atom is 0.123 e. The Hall–Kier alpha value is -0.890. The van der Waals surface area contributed by atoms with Crippen LogP contribution in [0.4, 0.5) is 4.39 Å². The third-order valence-electron chi connectivity index (χ3n) is 2.70. The largest absolute Gasteiger partial charge is 0.364 e. The molecule has 3 rings (SSSR count). The number of fused-ring (bicyclic) bond motifs is 3. The lowest BCUT2D eigenvalue weighted by Gasteiger charge is -2.10. The van der Waals surface area contributed by atoms with Crippen molar-refractivity contribution in [3.05, 3.63) is 35.1 Å². The van der Waals surface area contributed by atoms with Crippen LogP contribution in [0.1, 0.15) is 23.7 Å². The highest BCUT2D eigenvalue weighted by Gasteiger charge is 2.43. The average Bonchev–Trinajstić information content (AvgIpc) is 2.82. The number of hydrogen-bond acceptors (Lipinski definition) is 1. The predicted molar refractivity (Wildman–Crippen MR) is 42.3 cm³/mol. The zero-order valence-electron chi connectivity index (χ0n) is 6.59. The summed E-state index contributed by atoms with van der Waals surface area (Å²) in [6.45, 7) is 0. The molecule has 1 heterocycles. The molecule has 0 N–H and O–H groups in total. The number of halogens is 1. The molecule has 0 aromatic heterocycles. The summed E-state index contributed by atoms with van der Waals surface area (Å²) >= 11 is 0. The van der Waals surface area contributed by atoms with Crippen LogP contribution in [0, 0.1) is 5.82 Å². The van der Waals surface area contributed by atoms with E-state index in [0.717, 1.165) is 18.4 Å². The predicted octanol–water partition coefficient (Wildman–Crippen LogP) is 2.21. The topological polar surface area (TPSA) is 12.5 Å². The molecule has 0 saturated carbocycles. The summed E-state index contributed by atoms with van der Waals surface area (Å²) in [5.41, 5.74) is 2.33. The quantitative estimate of drug-likeness (QED) is 0.535. The minimum Gasteiger partial charge on any atom is -0.364 e. The Morgan fingerprint density at radius 2 is 2.33 bits per heavy atom. The van der Waals surface area contributed by atoms with E-state index in [1.54, 1.807) is 6.07 Å². The van der Waals surface area contributed by atoms with Gasteiger partial charge in [-0.05, 0) is 36.1 Å². The van der Waals surface area contributed by atoms with Crippen molar-refractivity contribution in [2.45, 2.75) is 25.0 Å². The Bertz CT molecular complexity index is 335. The van der Waals surface area contributed by atoms with Crippen LogP contribution in [0.3, 0.4) is 0 Å². The van der Waals surface area contributed by atoms with Crippen LogP contribution in [0.2, 0.25) is 0 Å². The summed E-state index contributed by atoms with van der Waals surface area (Å²) in [6, 6.07) is 5.02. The van der Waals surface area contributed by atoms with E-state index in [1.165, 1.54) is 11.6 Å². The van der Waals surface area contributed by atoms with Crippen molar-refractivity contribution in [2.24, 2.45) is 0 Å². The smallest absolute Gasteiger partial charge is 0.123 e. The van der Waals surface area contributed by atoms with Gasteiger partial charge in [-0.1, -0.05) is 6.07 Å². The van der Waals surface area contributed by atoms with Crippen LogP contribution < -0.4 is 0 Å². The standard InChI is InChI=1S/C10H9FO/c11-7-3-1-6-2-4-9-10(12-9)8(6)5-7/h1,3,5,9-10H,2,4H2. The van der Waals surface area contributed by atoms with Gasteiger partial charge in [0.25, 0.3) is 0 Å². The molecule has 0 amide bonds. The first-order chi connectivity index (χ1) is 5.84. The number of benzene rings is 1. The second kappa shape index (κ2) is 2.07. The number of hydrogen-bond donors (Lipinski definition) is 0. The molecule has 1 saturated heterocycles. The fourth-order valence-electron chi connectivity index (χ4n) is 1.99. The van der Waals surface area contributed by atoms with Crippen molar-refractivity contribution < 1.29 is 9.13 Å². The molecule has 2 unspecified atom stereocenters. The highest BCUT2D eigenvalue weighted by atomic mass is 19.1. The van der Waals surface area contributed by atoms with E-state index in [4.69, 9.17) is 4.74 Å². The van der Waals surface area contributed by atoms with Crippen LogP contribution in [0.5, 0.6) is 0 Å². The van der Waals surface area contributed by atoms with E-state index in [9.17, 15) is 4.39 Å². The van der Waals surface area contributed by atoms with Crippen LogP contribution in [0.25, 0.3) is 0 Å². The van der Waals surface area contributed by atoms with Crippen LogP contribution >= 0.6 is 0 Å². The number of aryl methyl sites for hydroxylation is 1. The number of ether oxygens (including phenoxy) is 1. The Kier molecular flexibility index (Phi) is 1.14. The van der Waals surface area contributed by atoms with E-state index < -0.39 is 0 Å². The molecule has 1 fully saturated rings. The molecule has 0 bridgehead atoms. The molecule has 1 aromatic rings. The normalized spacial score (nSPS) is 30.8. The van der Waals surface area contributed by atoms with Crippen molar-refractivity contribution >= 4 is 0 Å². The first-order valence-corrected chi connectivity index (χ1v) is 4.28. The van der Waals surface area contributed by atoms with Gasteiger partial charge in [0.1, 0.15) is 11.9 Å². The highest BCUT2D eigenvalue weighted by Crippen LogP contribution is 2.46. The van der Waals surface area contributed by atoms with Gasteiger partial charge in [0.05, 0.1) is 6.10 Å². The first-order valence-electron chi connectivity index (χ1n) is 4.28. The Balaban J connectivity index is 2.14. The Labute approximate surface area is 70.2 Å². The van der Waals surface area contributed by atoms with Crippen LogP contribution in [-0.2, 0) is 11.2 Å². The summed E-state index contributed by atoms with van der Waals surface area (Å²) in [7, 11) is 0. The van der Waals surface area contributed by atoms with Crippen molar-refractivity contribution in [1.29, 1.82) is 0 Å². The fourth-order valence-corrected chi connectivity index (χ4v) is 1.99. The maximum atomic E-state index is 12.8. The molecular weight excluding hydrogens is 155 g/mol. The molecule has 1 aliphatic heterocycles. The van der Waals surface area contributed by atoms with E-state index >= 15 is 0 Å². The van der Waals surface area contributed by atoms with Gasteiger partial charge in [0.15, 0.2) is 0 Å². The lowest BCUT2D eigenvalue weighted by Crippen LogP contribution is -2.04. The highest BCUT2D eigenvalue weighted by molar-refractivity contribution is 5.35. The van der Waals surface area contributed by atoms with Crippen molar-refractivity contribution in [2.75, 3.05) is 0 Å². The second-order valence-electron chi connectivity index (χ2n) is 3.48. The summed E-state index contributed by atoms with van der Waals surface area (Å²) in [4.78, 5) is 0. The summed E-state index contributed by atoms with van der Waals surface area (Å²) in [6.07, 6.45) is 2.74. The van der Waals surface area contributed by atoms with Crippen molar-refractivity contribution in [3.8, 4) is 0 Å². The summed E-state index contributed by atoms with van der Waals surface area (Å²) < 4.78 is 18.2. The average molecular weight is 164 g/mol. The monoisotopic (exact) mass is 164 g/mol. The second-order valence-corrected chi connectivity index (χ2v) is 3.48. The third-order valence-corrected chi connectivity index (χ3v) is 2.70. The summed E-state index contributed by atoms with van der Waals surface area (Å²) in [5, 5.41) is 0. The number of rotatable bonds is 0. The third kappa shape index (κ3) is 0.815. The van der Waals surface area contributed by atoms with Gasteiger partial charge in [0, 0.05) is 0 Å². The van der Waals surface area contributed by atoms with Crippen LogP contribution in [0.15, 0.2) is 18.2 Å². The zero-order chi connectivity index (χ0) is 8.13. The van der Waals surface area contributed by atoms with E-state index in [1.807, 2.05) is 6.07 Å². The molecule has 1 aromatic carbocycles. The van der Waals surface area contributed by atoms with E-state index in [0.29, 0.717) is 6.10 Å². The summed E-state index contributed by atoms with van der Waals surface area (Å²) in [5.74, 6) is -0.148. The number of epoxide rings is 1. The molecule has 2 heteroatoms.